The minimum atomic E-state index is 1.12. The highest BCUT2D eigenvalue weighted by Crippen LogP contribution is 2.21. The van der Waals surface area contributed by atoms with Crippen molar-refractivity contribution in [3.63, 3.8) is 0 Å². The second kappa shape index (κ2) is 5.13. The lowest BCUT2D eigenvalue weighted by Gasteiger charge is -2.27. The van der Waals surface area contributed by atoms with Crippen molar-refractivity contribution in [1.82, 2.24) is 4.90 Å². The molecular weight excluding hydrogens is 250 g/mol. The van der Waals surface area contributed by atoms with Crippen molar-refractivity contribution < 1.29 is 0 Å². The first kappa shape index (κ1) is 11.2. The van der Waals surface area contributed by atoms with E-state index in [0.717, 1.165) is 6.54 Å². The molecule has 0 unspecified atom stereocenters. The minimum Gasteiger partial charge on any atom is -0.299 e. The molecule has 0 aliphatic carbocycles. The van der Waals surface area contributed by atoms with Crippen LogP contribution in [0.5, 0.6) is 0 Å². The summed E-state index contributed by atoms with van der Waals surface area (Å²) in [6, 6.07) is 6.50. The lowest BCUT2D eigenvalue weighted by atomic mass is 10.1. The second-order valence-corrected chi connectivity index (χ2v) is 5.22. The zero-order valence-electron chi connectivity index (χ0n) is 9.30. The number of benzene rings is 1. The first-order valence-electron chi connectivity index (χ1n) is 5.74. The van der Waals surface area contributed by atoms with Gasteiger partial charge in [0.1, 0.15) is 0 Å². The molecule has 0 aromatic heterocycles. The van der Waals surface area contributed by atoms with E-state index >= 15 is 0 Å². The van der Waals surface area contributed by atoms with E-state index in [1.54, 1.807) is 0 Å². The van der Waals surface area contributed by atoms with Crippen molar-refractivity contribution in [3.8, 4) is 0 Å². The number of piperidine rings is 1. The number of likely N-dealkylation sites (tertiary alicyclic amines) is 1. The predicted molar refractivity (Wildman–Crippen MR) is 68.0 cm³/mol. The van der Waals surface area contributed by atoms with Crippen LogP contribution in [-0.2, 0) is 6.54 Å². The summed E-state index contributed by atoms with van der Waals surface area (Å²) in [4.78, 5) is 2.57. The molecule has 0 spiro atoms. The van der Waals surface area contributed by atoms with Gasteiger partial charge >= 0.3 is 0 Å². The average molecular weight is 268 g/mol. The van der Waals surface area contributed by atoms with Crippen LogP contribution in [-0.4, -0.2) is 18.0 Å². The summed E-state index contributed by atoms with van der Waals surface area (Å²) in [5.41, 5.74) is 2.86. The Morgan fingerprint density at radius 3 is 2.67 bits per heavy atom. The quantitative estimate of drug-likeness (QED) is 0.789. The van der Waals surface area contributed by atoms with Gasteiger partial charge in [-0.15, -0.1) is 0 Å². The molecule has 1 aromatic carbocycles. The van der Waals surface area contributed by atoms with Crippen molar-refractivity contribution in [2.45, 2.75) is 32.7 Å². The van der Waals surface area contributed by atoms with Crippen LogP contribution in [0.15, 0.2) is 22.7 Å². The molecule has 2 heteroatoms. The highest BCUT2D eigenvalue weighted by molar-refractivity contribution is 9.10. The van der Waals surface area contributed by atoms with E-state index in [4.69, 9.17) is 0 Å². The Morgan fingerprint density at radius 2 is 1.93 bits per heavy atom. The zero-order valence-corrected chi connectivity index (χ0v) is 10.9. The normalized spacial score (nSPS) is 18.0. The van der Waals surface area contributed by atoms with Gasteiger partial charge in [-0.3, -0.25) is 4.90 Å². The molecule has 1 aromatic rings. The van der Waals surface area contributed by atoms with E-state index in [9.17, 15) is 0 Å². The Balaban J connectivity index is 2.06. The van der Waals surface area contributed by atoms with Crippen molar-refractivity contribution in [2.75, 3.05) is 13.1 Å². The van der Waals surface area contributed by atoms with E-state index < -0.39 is 0 Å². The summed E-state index contributed by atoms with van der Waals surface area (Å²) < 4.78 is 1.23. The maximum absolute atomic E-state index is 3.59. The van der Waals surface area contributed by atoms with E-state index in [1.165, 1.54) is 48.0 Å². The van der Waals surface area contributed by atoms with Crippen LogP contribution in [0.3, 0.4) is 0 Å². The fourth-order valence-electron chi connectivity index (χ4n) is 2.18. The molecule has 1 fully saturated rings. The summed E-state index contributed by atoms with van der Waals surface area (Å²) >= 11 is 3.59. The van der Waals surface area contributed by atoms with Gasteiger partial charge in [0.05, 0.1) is 0 Å². The second-order valence-electron chi connectivity index (χ2n) is 4.36. The molecule has 1 nitrogen and oxygen atoms in total. The molecule has 0 atom stereocenters. The Hall–Kier alpha value is -0.340. The molecule has 0 amide bonds. The van der Waals surface area contributed by atoms with Crippen LogP contribution in [0.25, 0.3) is 0 Å². The zero-order chi connectivity index (χ0) is 10.7. The van der Waals surface area contributed by atoms with Gasteiger partial charge in [0, 0.05) is 11.0 Å². The molecule has 2 rings (SSSR count). The largest absolute Gasteiger partial charge is 0.299 e. The highest BCUT2D eigenvalue weighted by Gasteiger charge is 2.11. The molecule has 15 heavy (non-hydrogen) atoms. The molecule has 0 N–H and O–H groups in total. The van der Waals surface area contributed by atoms with Crippen LogP contribution in [0.4, 0.5) is 0 Å². The molecule has 82 valence electrons. The Bertz CT molecular complexity index is 329. The fourth-order valence-corrected chi connectivity index (χ4v) is 2.59. The van der Waals surface area contributed by atoms with Crippen molar-refractivity contribution in [2.24, 2.45) is 0 Å². The lowest BCUT2D eigenvalue weighted by molar-refractivity contribution is 0.220. The van der Waals surface area contributed by atoms with Crippen molar-refractivity contribution >= 4 is 15.9 Å². The summed E-state index contributed by atoms with van der Waals surface area (Å²) in [6.45, 7) is 5.85. The molecular formula is C13H18BrN. The number of rotatable bonds is 2. The van der Waals surface area contributed by atoms with E-state index in [2.05, 4.69) is 46.0 Å². The first-order valence-corrected chi connectivity index (χ1v) is 6.53. The number of hydrogen-bond donors (Lipinski definition) is 0. The lowest BCUT2D eigenvalue weighted by Crippen LogP contribution is -2.29. The van der Waals surface area contributed by atoms with Crippen LogP contribution in [0, 0.1) is 6.92 Å². The van der Waals surface area contributed by atoms with E-state index in [-0.39, 0.29) is 0 Å². The van der Waals surface area contributed by atoms with Gasteiger partial charge in [-0.05, 0) is 50.0 Å². The van der Waals surface area contributed by atoms with E-state index in [1.807, 2.05) is 0 Å². The van der Waals surface area contributed by atoms with Crippen LogP contribution >= 0.6 is 15.9 Å². The third-order valence-corrected chi connectivity index (χ3v) is 4.08. The smallest absolute Gasteiger partial charge is 0.0236 e. The summed E-state index contributed by atoms with van der Waals surface area (Å²) in [6.07, 6.45) is 4.15. The third-order valence-electron chi connectivity index (χ3n) is 3.22. The van der Waals surface area contributed by atoms with Gasteiger partial charge < -0.3 is 0 Å². The molecule has 1 heterocycles. The molecule has 1 saturated heterocycles. The van der Waals surface area contributed by atoms with Gasteiger partial charge in [-0.2, -0.15) is 0 Å². The molecule has 0 radical (unpaired) electrons. The monoisotopic (exact) mass is 267 g/mol. The SMILES string of the molecule is Cc1c(Br)cccc1CN1CCCCC1. The summed E-state index contributed by atoms with van der Waals surface area (Å²) in [7, 11) is 0. The van der Waals surface area contributed by atoms with Gasteiger partial charge in [0.15, 0.2) is 0 Å². The summed E-state index contributed by atoms with van der Waals surface area (Å²) in [5.74, 6) is 0. The van der Waals surface area contributed by atoms with Crippen molar-refractivity contribution in [3.05, 3.63) is 33.8 Å². The Kier molecular flexibility index (Phi) is 3.81. The highest BCUT2D eigenvalue weighted by atomic mass is 79.9. The number of halogens is 1. The standard InChI is InChI=1S/C13H18BrN/c1-11-12(6-5-7-13(11)14)10-15-8-3-2-4-9-15/h5-7H,2-4,8-10H2,1H3. The number of hydrogen-bond acceptors (Lipinski definition) is 1. The first-order chi connectivity index (χ1) is 7.27. The average Bonchev–Trinajstić information content (AvgIpc) is 2.26. The maximum atomic E-state index is 3.59. The van der Waals surface area contributed by atoms with Gasteiger partial charge in [0.2, 0.25) is 0 Å². The molecule has 0 bridgehead atoms. The fraction of sp³-hybridized carbons (Fsp3) is 0.538. The number of nitrogens with zero attached hydrogens (tertiary/aromatic N) is 1. The summed E-state index contributed by atoms with van der Waals surface area (Å²) in [5, 5.41) is 0. The Morgan fingerprint density at radius 1 is 1.20 bits per heavy atom. The van der Waals surface area contributed by atoms with Gasteiger partial charge in [0.25, 0.3) is 0 Å². The minimum absolute atomic E-state index is 1.12. The predicted octanol–water partition coefficient (Wildman–Crippen LogP) is 3.74. The van der Waals surface area contributed by atoms with E-state index in [0.29, 0.717) is 0 Å². The molecule has 0 saturated carbocycles. The maximum Gasteiger partial charge on any atom is 0.0236 e. The van der Waals surface area contributed by atoms with Gasteiger partial charge in [-0.1, -0.05) is 34.5 Å². The van der Waals surface area contributed by atoms with Crippen molar-refractivity contribution in [1.29, 1.82) is 0 Å². The van der Waals surface area contributed by atoms with Gasteiger partial charge in [-0.25, -0.2) is 0 Å². The third kappa shape index (κ3) is 2.82. The molecule has 1 aliphatic rings. The van der Waals surface area contributed by atoms with Crippen LogP contribution in [0.2, 0.25) is 0 Å². The van der Waals surface area contributed by atoms with Crippen LogP contribution in [0.1, 0.15) is 30.4 Å². The topological polar surface area (TPSA) is 3.24 Å². The van der Waals surface area contributed by atoms with Crippen LogP contribution < -0.4 is 0 Å². The molecule has 1 aliphatic heterocycles. The Labute approximate surface area is 101 Å².